The molecule has 0 spiro atoms. The molecule has 0 heterocycles. The minimum absolute atomic E-state index is 0.0495. The number of carbonyl (C=O) groups is 1. The minimum atomic E-state index is -0.379. The third-order valence-corrected chi connectivity index (χ3v) is 1.74. The predicted octanol–water partition coefficient (Wildman–Crippen LogP) is 1.03. The first-order valence-corrected chi connectivity index (χ1v) is 4.71. The molecule has 0 aromatic heterocycles. The van der Waals surface area contributed by atoms with Crippen molar-refractivity contribution >= 4 is 5.91 Å². The zero-order valence-electron chi connectivity index (χ0n) is 8.10. The number of carbonyl (C=O) groups excluding carboxylic acids is 1. The van der Waals surface area contributed by atoms with Gasteiger partial charge in [0.15, 0.2) is 0 Å². The summed E-state index contributed by atoms with van der Waals surface area (Å²) in [5.74, 6) is -0.0495. The summed E-state index contributed by atoms with van der Waals surface area (Å²) in [6.07, 6.45) is 4.72. The van der Waals surface area contributed by atoms with Gasteiger partial charge in [0, 0.05) is 6.54 Å². The van der Waals surface area contributed by atoms with Crippen molar-refractivity contribution < 1.29 is 4.79 Å². The van der Waals surface area contributed by atoms with E-state index in [1.165, 1.54) is 19.3 Å². The molecule has 0 aromatic carbocycles. The van der Waals surface area contributed by atoms with Gasteiger partial charge in [-0.3, -0.25) is 4.79 Å². The first kappa shape index (κ1) is 11.4. The summed E-state index contributed by atoms with van der Waals surface area (Å²) in [5.41, 5.74) is 5.36. The Bertz CT molecular complexity index is 124. The molecule has 0 bridgehead atoms. The molecule has 1 amide bonds. The van der Waals surface area contributed by atoms with Gasteiger partial charge in [0.1, 0.15) is 0 Å². The van der Waals surface area contributed by atoms with Crippen molar-refractivity contribution in [3.63, 3.8) is 0 Å². The maximum Gasteiger partial charge on any atom is 0.236 e. The third kappa shape index (κ3) is 6.16. The molecule has 0 fully saturated rings. The zero-order valence-corrected chi connectivity index (χ0v) is 8.10. The molecule has 0 saturated heterocycles. The number of nitrogens with one attached hydrogen (secondary N) is 1. The van der Waals surface area contributed by atoms with Crippen LogP contribution in [0.4, 0.5) is 0 Å². The van der Waals surface area contributed by atoms with Gasteiger partial charge in [-0.25, -0.2) is 0 Å². The van der Waals surface area contributed by atoms with E-state index in [9.17, 15) is 4.79 Å². The minimum Gasteiger partial charge on any atom is -0.355 e. The van der Waals surface area contributed by atoms with Crippen LogP contribution in [-0.2, 0) is 4.79 Å². The van der Waals surface area contributed by atoms with E-state index in [0.717, 1.165) is 13.0 Å². The maximum absolute atomic E-state index is 10.9. The fraction of sp³-hybridized carbons (Fsp3) is 0.889. The number of hydrogen-bond acceptors (Lipinski definition) is 2. The Morgan fingerprint density at radius 2 is 2.08 bits per heavy atom. The van der Waals surface area contributed by atoms with Crippen LogP contribution in [0.2, 0.25) is 0 Å². The summed E-state index contributed by atoms with van der Waals surface area (Å²) in [5, 5.41) is 2.78. The lowest BCUT2D eigenvalue weighted by atomic mass is 10.2. The average Bonchev–Trinajstić information content (AvgIpc) is 2.03. The summed E-state index contributed by atoms with van der Waals surface area (Å²) in [4.78, 5) is 10.9. The summed E-state index contributed by atoms with van der Waals surface area (Å²) < 4.78 is 0. The van der Waals surface area contributed by atoms with Crippen LogP contribution in [0.25, 0.3) is 0 Å². The van der Waals surface area contributed by atoms with Crippen molar-refractivity contribution in [3.05, 3.63) is 0 Å². The molecular formula is C9H20N2O. The highest BCUT2D eigenvalue weighted by Crippen LogP contribution is 1.96. The second-order valence-electron chi connectivity index (χ2n) is 3.14. The monoisotopic (exact) mass is 172 g/mol. The first-order chi connectivity index (χ1) is 5.68. The molecule has 0 aliphatic carbocycles. The van der Waals surface area contributed by atoms with E-state index in [1.807, 2.05) is 0 Å². The van der Waals surface area contributed by atoms with Gasteiger partial charge in [0.25, 0.3) is 0 Å². The standard InChI is InChI=1S/C9H20N2O/c1-3-4-5-6-7-11-9(12)8(2)10/h8H,3-7,10H2,1-2H3,(H,11,12)/t8-/m1/s1. The van der Waals surface area contributed by atoms with Gasteiger partial charge in [0.2, 0.25) is 5.91 Å². The number of amides is 1. The van der Waals surface area contributed by atoms with E-state index in [2.05, 4.69) is 12.2 Å². The quantitative estimate of drug-likeness (QED) is 0.588. The smallest absolute Gasteiger partial charge is 0.236 e. The summed E-state index contributed by atoms with van der Waals surface area (Å²) in [6.45, 7) is 4.63. The molecule has 0 aliphatic rings. The second-order valence-corrected chi connectivity index (χ2v) is 3.14. The SMILES string of the molecule is CCCCCCNC(=O)[C@@H](C)N. The lowest BCUT2D eigenvalue weighted by Gasteiger charge is -2.06. The Morgan fingerprint density at radius 3 is 2.58 bits per heavy atom. The summed E-state index contributed by atoms with van der Waals surface area (Å²) in [6, 6.07) is -0.379. The fourth-order valence-corrected chi connectivity index (χ4v) is 0.924. The summed E-state index contributed by atoms with van der Waals surface area (Å²) >= 11 is 0. The summed E-state index contributed by atoms with van der Waals surface area (Å²) in [7, 11) is 0. The van der Waals surface area contributed by atoms with E-state index in [-0.39, 0.29) is 11.9 Å². The van der Waals surface area contributed by atoms with Crippen LogP contribution in [0, 0.1) is 0 Å². The van der Waals surface area contributed by atoms with Gasteiger partial charge in [-0.1, -0.05) is 26.2 Å². The third-order valence-electron chi connectivity index (χ3n) is 1.74. The van der Waals surface area contributed by atoms with Crippen LogP contribution < -0.4 is 11.1 Å². The zero-order chi connectivity index (χ0) is 9.40. The Morgan fingerprint density at radius 1 is 1.42 bits per heavy atom. The molecule has 72 valence electrons. The molecule has 3 heteroatoms. The lowest BCUT2D eigenvalue weighted by molar-refractivity contribution is -0.121. The number of unbranched alkanes of at least 4 members (excludes halogenated alkanes) is 3. The first-order valence-electron chi connectivity index (χ1n) is 4.71. The molecule has 0 radical (unpaired) electrons. The van der Waals surface area contributed by atoms with Gasteiger partial charge in [-0.05, 0) is 13.3 Å². The Labute approximate surface area is 74.7 Å². The Kier molecular flexibility index (Phi) is 6.76. The molecule has 0 aliphatic heterocycles. The molecule has 0 saturated carbocycles. The highest BCUT2D eigenvalue weighted by molar-refractivity contribution is 5.80. The molecule has 1 atom stereocenters. The highest BCUT2D eigenvalue weighted by atomic mass is 16.2. The predicted molar refractivity (Wildman–Crippen MR) is 50.8 cm³/mol. The van der Waals surface area contributed by atoms with Crippen LogP contribution in [0.5, 0.6) is 0 Å². The van der Waals surface area contributed by atoms with Gasteiger partial charge in [0.05, 0.1) is 6.04 Å². The van der Waals surface area contributed by atoms with E-state index in [1.54, 1.807) is 6.92 Å². The van der Waals surface area contributed by atoms with Crippen LogP contribution in [0.15, 0.2) is 0 Å². The maximum atomic E-state index is 10.9. The van der Waals surface area contributed by atoms with Gasteiger partial charge in [-0.15, -0.1) is 0 Å². The van der Waals surface area contributed by atoms with Gasteiger partial charge in [-0.2, -0.15) is 0 Å². The van der Waals surface area contributed by atoms with Crippen LogP contribution in [0.1, 0.15) is 39.5 Å². The van der Waals surface area contributed by atoms with Crippen molar-refractivity contribution in [3.8, 4) is 0 Å². The van der Waals surface area contributed by atoms with Crippen LogP contribution >= 0.6 is 0 Å². The van der Waals surface area contributed by atoms with Crippen molar-refractivity contribution in [2.75, 3.05) is 6.54 Å². The van der Waals surface area contributed by atoms with Crippen molar-refractivity contribution in [1.29, 1.82) is 0 Å². The van der Waals surface area contributed by atoms with E-state index < -0.39 is 0 Å². The second kappa shape index (κ2) is 7.10. The Balaban J connectivity index is 3.14. The number of nitrogens with two attached hydrogens (primary N) is 1. The topological polar surface area (TPSA) is 55.1 Å². The molecule has 0 rings (SSSR count). The van der Waals surface area contributed by atoms with E-state index >= 15 is 0 Å². The fourth-order valence-electron chi connectivity index (χ4n) is 0.924. The molecule has 0 unspecified atom stereocenters. The van der Waals surface area contributed by atoms with E-state index in [0.29, 0.717) is 0 Å². The molecular weight excluding hydrogens is 152 g/mol. The molecule has 3 N–H and O–H groups in total. The Hall–Kier alpha value is -0.570. The number of rotatable bonds is 6. The normalized spacial score (nSPS) is 12.6. The van der Waals surface area contributed by atoms with E-state index in [4.69, 9.17) is 5.73 Å². The van der Waals surface area contributed by atoms with Crippen molar-refractivity contribution in [2.24, 2.45) is 5.73 Å². The van der Waals surface area contributed by atoms with Crippen LogP contribution in [0.3, 0.4) is 0 Å². The van der Waals surface area contributed by atoms with Gasteiger partial charge < -0.3 is 11.1 Å². The largest absolute Gasteiger partial charge is 0.355 e. The molecule has 12 heavy (non-hydrogen) atoms. The number of hydrogen-bond donors (Lipinski definition) is 2. The molecule has 0 aromatic rings. The molecule has 3 nitrogen and oxygen atoms in total. The average molecular weight is 172 g/mol. The van der Waals surface area contributed by atoms with Crippen molar-refractivity contribution in [2.45, 2.75) is 45.6 Å². The van der Waals surface area contributed by atoms with Gasteiger partial charge >= 0.3 is 0 Å². The van der Waals surface area contributed by atoms with Crippen LogP contribution in [-0.4, -0.2) is 18.5 Å². The highest BCUT2D eigenvalue weighted by Gasteiger charge is 2.04. The lowest BCUT2D eigenvalue weighted by Crippen LogP contribution is -2.38. The van der Waals surface area contributed by atoms with Crippen molar-refractivity contribution in [1.82, 2.24) is 5.32 Å².